The van der Waals surface area contributed by atoms with E-state index < -0.39 is 10.0 Å². The fraction of sp³-hybridized carbons (Fsp3) is 0.625. The summed E-state index contributed by atoms with van der Waals surface area (Å²) in [6.07, 6.45) is 2.09. The topological polar surface area (TPSA) is 63.4 Å². The van der Waals surface area contributed by atoms with Gasteiger partial charge in [-0.1, -0.05) is 26.0 Å². The standard InChI is InChI=1S/C16H24N2O2S.ClH/c1-11(2)12-4-3-5-14(8-12)21(19,20)18-9-13-6-7-16(17)15(13)10-18;/h3-5,8,11,13,15-16H,6-7,9-10,17H2,1-2H3;1H. The van der Waals surface area contributed by atoms with Gasteiger partial charge in [0.25, 0.3) is 0 Å². The highest BCUT2D eigenvalue weighted by atomic mass is 35.5. The summed E-state index contributed by atoms with van der Waals surface area (Å²) in [6.45, 7) is 5.36. The lowest BCUT2D eigenvalue weighted by molar-refractivity contribution is 0.427. The van der Waals surface area contributed by atoms with Gasteiger partial charge in [-0.2, -0.15) is 4.31 Å². The fourth-order valence-electron chi connectivity index (χ4n) is 3.65. The maximum Gasteiger partial charge on any atom is 0.243 e. The van der Waals surface area contributed by atoms with E-state index in [4.69, 9.17) is 5.73 Å². The molecule has 2 aliphatic rings. The first-order chi connectivity index (χ1) is 9.89. The van der Waals surface area contributed by atoms with Gasteiger partial charge in [-0.3, -0.25) is 0 Å². The van der Waals surface area contributed by atoms with Crippen molar-refractivity contribution in [1.29, 1.82) is 0 Å². The second kappa shape index (κ2) is 6.48. The van der Waals surface area contributed by atoms with Crippen LogP contribution in [-0.4, -0.2) is 31.9 Å². The lowest BCUT2D eigenvalue weighted by atomic mass is 9.98. The van der Waals surface area contributed by atoms with Crippen LogP contribution in [0.2, 0.25) is 0 Å². The zero-order valence-corrected chi connectivity index (χ0v) is 14.7. The highest BCUT2D eigenvalue weighted by Crippen LogP contribution is 2.39. The third-order valence-electron chi connectivity index (χ3n) is 5.04. The molecule has 0 radical (unpaired) electrons. The molecule has 1 aliphatic heterocycles. The number of fused-ring (bicyclic) bond motifs is 1. The maximum absolute atomic E-state index is 12.8. The van der Waals surface area contributed by atoms with Crippen molar-refractivity contribution in [3.63, 3.8) is 0 Å². The van der Waals surface area contributed by atoms with Gasteiger partial charge < -0.3 is 5.73 Å². The molecule has 1 saturated carbocycles. The normalized spacial score (nSPS) is 28.6. The Morgan fingerprint density at radius 2 is 1.95 bits per heavy atom. The van der Waals surface area contributed by atoms with Gasteiger partial charge in [-0.05, 0) is 48.3 Å². The average molecular weight is 345 g/mol. The molecule has 124 valence electrons. The van der Waals surface area contributed by atoms with Gasteiger partial charge in [0, 0.05) is 19.1 Å². The third kappa shape index (κ3) is 3.04. The van der Waals surface area contributed by atoms with Gasteiger partial charge >= 0.3 is 0 Å². The second-order valence-corrected chi connectivity index (χ2v) is 8.65. The van der Waals surface area contributed by atoms with Crippen molar-refractivity contribution in [2.24, 2.45) is 17.6 Å². The Bertz CT molecular complexity index is 633. The van der Waals surface area contributed by atoms with Crippen LogP contribution in [0.5, 0.6) is 0 Å². The first-order valence-electron chi connectivity index (χ1n) is 7.75. The molecule has 0 aromatic heterocycles. The number of rotatable bonds is 3. The zero-order valence-electron chi connectivity index (χ0n) is 13.1. The van der Waals surface area contributed by atoms with Crippen molar-refractivity contribution in [1.82, 2.24) is 4.31 Å². The molecule has 1 aromatic rings. The molecular formula is C16H25ClN2O2S. The Labute approximate surface area is 139 Å². The molecular weight excluding hydrogens is 320 g/mol. The van der Waals surface area contributed by atoms with Gasteiger partial charge in [0.15, 0.2) is 0 Å². The van der Waals surface area contributed by atoms with E-state index in [2.05, 4.69) is 13.8 Å². The lowest BCUT2D eigenvalue weighted by Gasteiger charge is -2.19. The Hall–Kier alpha value is -0.620. The van der Waals surface area contributed by atoms with Crippen molar-refractivity contribution in [3.8, 4) is 0 Å². The number of halogens is 1. The van der Waals surface area contributed by atoms with Crippen molar-refractivity contribution >= 4 is 22.4 Å². The smallest absolute Gasteiger partial charge is 0.243 e. The summed E-state index contributed by atoms with van der Waals surface area (Å²) < 4.78 is 27.3. The third-order valence-corrected chi connectivity index (χ3v) is 6.87. The van der Waals surface area contributed by atoms with Gasteiger partial charge in [0.2, 0.25) is 10.0 Å². The molecule has 1 aromatic carbocycles. The summed E-state index contributed by atoms with van der Waals surface area (Å²) in [5.41, 5.74) is 7.17. The number of sulfonamides is 1. The summed E-state index contributed by atoms with van der Waals surface area (Å²) in [4.78, 5) is 0.419. The minimum atomic E-state index is -3.38. The number of hydrogen-bond donors (Lipinski definition) is 1. The molecule has 22 heavy (non-hydrogen) atoms. The van der Waals surface area contributed by atoms with Crippen LogP contribution in [0.4, 0.5) is 0 Å². The number of nitrogens with two attached hydrogens (primary N) is 1. The molecule has 3 rings (SSSR count). The quantitative estimate of drug-likeness (QED) is 0.916. The molecule has 1 heterocycles. The van der Waals surface area contributed by atoms with Crippen LogP contribution >= 0.6 is 12.4 Å². The van der Waals surface area contributed by atoms with Crippen LogP contribution in [0.3, 0.4) is 0 Å². The van der Waals surface area contributed by atoms with E-state index in [1.807, 2.05) is 18.2 Å². The monoisotopic (exact) mass is 344 g/mol. The van der Waals surface area contributed by atoms with Crippen LogP contribution in [0.25, 0.3) is 0 Å². The molecule has 3 unspecified atom stereocenters. The van der Waals surface area contributed by atoms with Crippen molar-refractivity contribution in [2.45, 2.75) is 43.5 Å². The van der Waals surface area contributed by atoms with E-state index in [0.717, 1.165) is 18.4 Å². The number of nitrogens with zero attached hydrogens (tertiary/aromatic N) is 1. The van der Waals surface area contributed by atoms with E-state index in [1.54, 1.807) is 10.4 Å². The Morgan fingerprint density at radius 1 is 1.23 bits per heavy atom. The minimum absolute atomic E-state index is 0. The molecule has 3 atom stereocenters. The van der Waals surface area contributed by atoms with Crippen LogP contribution < -0.4 is 5.73 Å². The zero-order chi connectivity index (χ0) is 15.2. The molecule has 0 spiro atoms. The van der Waals surface area contributed by atoms with E-state index in [-0.39, 0.29) is 18.4 Å². The SMILES string of the molecule is CC(C)c1cccc(S(=O)(=O)N2CC3CCC(N)C3C2)c1.Cl. The maximum atomic E-state index is 12.8. The predicted octanol–water partition coefficient (Wildman–Crippen LogP) is 2.59. The fourth-order valence-corrected chi connectivity index (χ4v) is 5.24. The van der Waals surface area contributed by atoms with Crippen LogP contribution in [-0.2, 0) is 10.0 Å². The number of hydrogen-bond acceptors (Lipinski definition) is 3. The summed E-state index contributed by atoms with van der Waals surface area (Å²) in [5, 5.41) is 0. The van der Waals surface area contributed by atoms with Crippen LogP contribution in [0.15, 0.2) is 29.2 Å². The molecule has 0 bridgehead atoms. The Balaban J connectivity index is 0.00000176. The van der Waals surface area contributed by atoms with Crippen molar-refractivity contribution in [3.05, 3.63) is 29.8 Å². The molecule has 2 N–H and O–H groups in total. The largest absolute Gasteiger partial charge is 0.327 e. The summed E-state index contributed by atoms with van der Waals surface area (Å²) in [7, 11) is -3.38. The van der Waals surface area contributed by atoms with Crippen molar-refractivity contribution < 1.29 is 8.42 Å². The summed E-state index contributed by atoms with van der Waals surface area (Å²) >= 11 is 0. The molecule has 0 amide bonds. The molecule has 1 saturated heterocycles. The lowest BCUT2D eigenvalue weighted by Crippen LogP contribution is -2.33. The van der Waals surface area contributed by atoms with E-state index in [1.165, 1.54) is 0 Å². The Kier molecular flexibility index (Phi) is 5.22. The van der Waals surface area contributed by atoms with E-state index in [9.17, 15) is 8.42 Å². The highest BCUT2D eigenvalue weighted by Gasteiger charge is 2.45. The first kappa shape index (κ1) is 17.7. The van der Waals surface area contributed by atoms with E-state index >= 15 is 0 Å². The molecule has 2 fully saturated rings. The van der Waals surface area contributed by atoms with Crippen molar-refractivity contribution in [2.75, 3.05) is 13.1 Å². The summed E-state index contributed by atoms with van der Waals surface area (Å²) in [6, 6.07) is 7.50. The molecule has 6 heteroatoms. The Morgan fingerprint density at radius 3 is 2.59 bits per heavy atom. The predicted molar refractivity (Wildman–Crippen MR) is 90.7 cm³/mol. The second-order valence-electron chi connectivity index (χ2n) is 6.71. The number of benzene rings is 1. The van der Waals surface area contributed by atoms with Gasteiger partial charge in [-0.15, -0.1) is 12.4 Å². The molecule has 4 nitrogen and oxygen atoms in total. The average Bonchev–Trinajstić information content (AvgIpc) is 3.02. The first-order valence-corrected chi connectivity index (χ1v) is 9.19. The summed E-state index contributed by atoms with van der Waals surface area (Å²) in [5.74, 6) is 1.11. The van der Waals surface area contributed by atoms with Crippen LogP contribution in [0.1, 0.15) is 38.2 Å². The van der Waals surface area contributed by atoms with Gasteiger partial charge in [0.1, 0.15) is 0 Å². The van der Waals surface area contributed by atoms with Crippen LogP contribution in [0, 0.1) is 11.8 Å². The van der Waals surface area contributed by atoms with Gasteiger partial charge in [0.05, 0.1) is 4.90 Å². The van der Waals surface area contributed by atoms with E-state index in [0.29, 0.717) is 35.7 Å². The minimum Gasteiger partial charge on any atom is -0.327 e. The highest BCUT2D eigenvalue weighted by molar-refractivity contribution is 7.89. The van der Waals surface area contributed by atoms with Gasteiger partial charge in [-0.25, -0.2) is 8.42 Å². The molecule has 1 aliphatic carbocycles.